The molecule has 0 rings (SSSR count). The van der Waals surface area contributed by atoms with Crippen molar-refractivity contribution in [1.82, 2.24) is 0 Å². The van der Waals surface area contributed by atoms with Crippen LogP contribution in [0, 0.1) is 5.92 Å². The van der Waals surface area contributed by atoms with Crippen molar-refractivity contribution in [3.8, 4) is 0 Å². The summed E-state index contributed by atoms with van der Waals surface area (Å²) in [6.45, 7) is 12.6. The molecule has 4 nitrogen and oxygen atoms in total. The predicted octanol–water partition coefficient (Wildman–Crippen LogP) is 3.61. The largest absolute Gasteiger partial charge is 0.463 e. The Hall–Kier alpha value is -0.393. The Balaban J connectivity index is 3.56. The zero-order valence-electron chi connectivity index (χ0n) is 13.9. The van der Waals surface area contributed by atoms with Gasteiger partial charge in [-0.25, -0.2) is 0 Å². The van der Waals surface area contributed by atoms with Gasteiger partial charge in [0.05, 0.1) is 25.7 Å². The summed E-state index contributed by atoms with van der Waals surface area (Å²) in [4.78, 5) is 11.8. The van der Waals surface area contributed by atoms with Gasteiger partial charge < -0.3 is 13.9 Å². The summed E-state index contributed by atoms with van der Waals surface area (Å²) in [5.74, 6) is -0.0342. The van der Waals surface area contributed by atoms with E-state index < -0.39 is 8.32 Å². The lowest BCUT2D eigenvalue weighted by Gasteiger charge is -2.17. The molecule has 0 heterocycles. The van der Waals surface area contributed by atoms with Crippen molar-refractivity contribution in [2.24, 2.45) is 5.92 Å². The first kappa shape index (κ1) is 19.6. The minimum Gasteiger partial charge on any atom is -0.463 e. The molecule has 0 amide bonds. The van der Waals surface area contributed by atoms with Crippen LogP contribution in [0.3, 0.4) is 0 Å². The third-order valence-electron chi connectivity index (χ3n) is 2.97. The second-order valence-electron chi connectivity index (χ2n) is 5.99. The van der Waals surface area contributed by atoms with Crippen molar-refractivity contribution >= 4 is 14.3 Å². The molecule has 20 heavy (non-hydrogen) atoms. The molecule has 5 heteroatoms. The normalized spacial score (nSPS) is 13.2. The highest BCUT2D eigenvalue weighted by molar-refractivity contribution is 6.69. The van der Waals surface area contributed by atoms with Gasteiger partial charge in [-0.2, -0.15) is 0 Å². The van der Waals surface area contributed by atoms with Crippen LogP contribution in [0.15, 0.2) is 0 Å². The maximum Gasteiger partial charge on any atom is 0.308 e. The fraction of sp³-hybridized carbons (Fsp3) is 0.933. The lowest BCUT2D eigenvalue weighted by atomic mass is 10.00. The average Bonchev–Trinajstić information content (AvgIpc) is 2.37. The zero-order valence-corrected chi connectivity index (χ0v) is 14.9. The molecule has 0 aliphatic heterocycles. The Morgan fingerprint density at radius 1 is 1.05 bits per heavy atom. The van der Waals surface area contributed by atoms with Gasteiger partial charge in [0, 0.05) is 0 Å². The van der Waals surface area contributed by atoms with E-state index >= 15 is 0 Å². The molecule has 0 aliphatic carbocycles. The van der Waals surface area contributed by atoms with Crippen molar-refractivity contribution in [3.05, 3.63) is 0 Å². The summed E-state index contributed by atoms with van der Waals surface area (Å²) in [5.41, 5.74) is 0. The van der Waals surface area contributed by atoms with E-state index in [9.17, 15) is 4.79 Å². The first-order valence-electron chi connectivity index (χ1n) is 7.79. The lowest BCUT2D eigenvalue weighted by molar-refractivity contribution is -0.150. The first-order valence-corrected chi connectivity index (χ1v) is 11.2. The highest BCUT2D eigenvalue weighted by Gasteiger charge is 2.17. The number of ether oxygens (including phenoxy) is 2. The highest BCUT2D eigenvalue weighted by atomic mass is 28.4. The van der Waals surface area contributed by atoms with E-state index in [0.29, 0.717) is 26.4 Å². The molecule has 0 aromatic carbocycles. The van der Waals surface area contributed by atoms with Gasteiger partial charge in [0.25, 0.3) is 0 Å². The molecule has 0 saturated carbocycles. The Kier molecular flexibility index (Phi) is 11.1. The molecule has 0 aliphatic rings. The van der Waals surface area contributed by atoms with Gasteiger partial charge in [0.2, 0.25) is 0 Å². The fourth-order valence-electron chi connectivity index (χ4n) is 1.77. The Labute approximate surface area is 125 Å². The molecule has 0 saturated heterocycles. The maximum absolute atomic E-state index is 11.8. The van der Waals surface area contributed by atoms with E-state index in [2.05, 4.69) is 26.6 Å². The smallest absolute Gasteiger partial charge is 0.308 e. The fourth-order valence-corrected chi connectivity index (χ4v) is 2.46. The SMILES string of the molecule is CCCCC(CC)C(=O)OCCOCCO[Si](C)(C)C. The summed E-state index contributed by atoms with van der Waals surface area (Å²) in [7, 11) is -1.44. The van der Waals surface area contributed by atoms with Crippen LogP contribution in [-0.4, -0.2) is 40.7 Å². The summed E-state index contributed by atoms with van der Waals surface area (Å²) in [5, 5.41) is 0. The minimum absolute atomic E-state index is 0.0465. The molecule has 0 aromatic rings. The van der Waals surface area contributed by atoms with Gasteiger partial charge in [-0.3, -0.25) is 4.79 Å². The molecule has 1 atom stereocenters. The van der Waals surface area contributed by atoms with E-state index in [0.717, 1.165) is 25.7 Å². The van der Waals surface area contributed by atoms with Crippen LogP contribution in [0.1, 0.15) is 39.5 Å². The van der Waals surface area contributed by atoms with E-state index in [1.54, 1.807) is 0 Å². The third-order valence-corrected chi connectivity index (χ3v) is 4.04. The van der Waals surface area contributed by atoms with Crippen molar-refractivity contribution in [3.63, 3.8) is 0 Å². The average molecular weight is 305 g/mol. The van der Waals surface area contributed by atoms with Crippen molar-refractivity contribution in [2.45, 2.75) is 59.2 Å². The van der Waals surface area contributed by atoms with E-state index in [1.165, 1.54) is 0 Å². The summed E-state index contributed by atoms with van der Waals surface area (Å²) >= 11 is 0. The minimum atomic E-state index is -1.44. The Morgan fingerprint density at radius 3 is 2.25 bits per heavy atom. The van der Waals surface area contributed by atoms with Crippen LogP contribution < -0.4 is 0 Å². The number of carbonyl (C=O) groups is 1. The van der Waals surface area contributed by atoms with Crippen LogP contribution >= 0.6 is 0 Å². The maximum atomic E-state index is 11.8. The van der Waals surface area contributed by atoms with Crippen molar-refractivity contribution in [2.75, 3.05) is 26.4 Å². The Morgan fingerprint density at radius 2 is 1.70 bits per heavy atom. The van der Waals surface area contributed by atoms with Crippen LogP contribution in [0.25, 0.3) is 0 Å². The van der Waals surface area contributed by atoms with E-state index in [-0.39, 0.29) is 11.9 Å². The number of hydrogen-bond donors (Lipinski definition) is 0. The van der Waals surface area contributed by atoms with Crippen molar-refractivity contribution in [1.29, 1.82) is 0 Å². The van der Waals surface area contributed by atoms with Gasteiger partial charge in [0.15, 0.2) is 8.32 Å². The van der Waals surface area contributed by atoms with Gasteiger partial charge in [-0.1, -0.05) is 26.7 Å². The molecule has 120 valence electrons. The van der Waals surface area contributed by atoms with Gasteiger partial charge in [-0.05, 0) is 32.5 Å². The van der Waals surface area contributed by atoms with Crippen molar-refractivity contribution < 1.29 is 18.7 Å². The number of esters is 1. The quantitative estimate of drug-likeness (QED) is 0.314. The number of carbonyl (C=O) groups excluding carboxylic acids is 1. The van der Waals surface area contributed by atoms with Crippen LogP contribution in [-0.2, 0) is 18.7 Å². The van der Waals surface area contributed by atoms with Gasteiger partial charge in [0.1, 0.15) is 6.61 Å². The number of unbranched alkanes of at least 4 members (excludes halogenated alkanes) is 1. The first-order chi connectivity index (χ1) is 9.40. The lowest BCUT2D eigenvalue weighted by Crippen LogP contribution is -2.27. The van der Waals surface area contributed by atoms with E-state index in [1.807, 2.05) is 6.92 Å². The van der Waals surface area contributed by atoms with Crippen LogP contribution in [0.2, 0.25) is 19.6 Å². The molecule has 0 fully saturated rings. The third kappa shape index (κ3) is 11.4. The molecule has 0 N–H and O–H groups in total. The predicted molar refractivity (Wildman–Crippen MR) is 84.4 cm³/mol. The molecular weight excluding hydrogens is 272 g/mol. The molecule has 0 bridgehead atoms. The van der Waals surface area contributed by atoms with Crippen LogP contribution in [0.5, 0.6) is 0 Å². The topological polar surface area (TPSA) is 44.8 Å². The monoisotopic (exact) mass is 304 g/mol. The number of hydrogen-bond acceptors (Lipinski definition) is 4. The van der Waals surface area contributed by atoms with Gasteiger partial charge >= 0.3 is 5.97 Å². The van der Waals surface area contributed by atoms with E-state index in [4.69, 9.17) is 13.9 Å². The molecule has 0 aromatic heterocycles. The summed E-state index contributed by atoms with van der Waals surface area (Å²) in [6, 6.07) is 0. The summed E-state index contributed by atoms with van der Waals surface area (Å²) in [6.07, 6.45) is 3.97. The summed E-state index contributed by atoms with van der Waals surface area (Å²) < 4.78 is 16.3. The zero-order chi connectivity index (χ0) is 15.4. The van der Waals surface area contributed by atoms with Gasteiger partial charge in [-0.15, -0.1) is 0 Å². The standard InChI is InChI=1S/C15H32O4Si/c1-6-8-9-14(7-2)15(16)18-12-10-17-11-13-19-20(3,4)5/h14H,6-13H2,1-5H3. The van der Waals surface area contributed by atoms with Crippen LogP contribution in [0.4, 0.5) is 0 Å². The Bertz CT molecular complexity index is 251. The highest BCUT2D eigenvalue weighted by Crippen LogP contribution is 2.14. The second-order valence-corrected chi connectivity index (χ2v) is 10.5. The molecule has 1 unspecified atom stereocenters. The molecule has 0 radical (unpaired) electrons. The molecular formula is C15H32O4Si. The number of rotatable bonds is 12. The molecule has 0 spiro atoms. The second kappa shape index (κ2) is 11.3.